The third kappa shape index (κ3) is 10.4. The normalized spacial score (nSPS) is 17.3. The Labute approximate surface area is 228 Å². The van der Waals surface area contributed by atoms with E-state index in [2.05, 4.69) is 36.4 Å². The maximum Gasteiger partial charge on any atom is 0.243 e. The third-order valence-corrected chi connectivity index (χ3v) is 6.88. The zero-order valence-electron chi connectivity index (χ0n) is 24.5. The highest BCUT2D eigenvalue weighted by atomic mass is 16.5. The number of nitrogens with one attached hydrogen (secondary N) is 1. The molecule has 2 unspecified atom stereocenters. The number of hydrogen-bond acceptors (Lipinski definition) is 7. The van der Waals surface area contributed by atoms with E-state index >= 15 is 0 Å². The first kappa shape index (κ1) is 31.9. The summed E-state index contributed by atoms with van der Waals surface area (Å²) in [7, 11) is 1.62. The van der Waals surface area contributed by atoms with E-state index in [0.717, 1.165) is 25.7 Å². The van der Waals surface area contributed by atoms with E-state index in [-0.39, 0.29) is 36.0 Å². The van der Waals surface area contributed by atoms with Crippen LogP contribution in [0.25, 0.3) is 0 Å². The summed E-state index contributed by atoms with van der Waals surface area (Å²) in [6.45, 7) is 15.0. The van der Waals surface area contributed by atoms with Crippen LogP contribution in [0.2, 0.25) is 0 Å². The molecule has 1 aliphatic rings. The van der Waals surface area contributed by atoms with Gasteiger partial charge in [0.1, 0.15) is 6.04 Å². The fourth-order valence-electron chi connectivity index (χ4n) is 4.56. The van der Waals surface area contributed by atoms with Crippen molar-refractivity contribution in [1.82, 2.24) is 25.2 Å². The molecule has 0 radical (unpaired) electrons. The van der Waals surface area contributed by atoms with Crippen molar-refractivity contribution in [1.29, 1.82) is 0 Å². The van der Waals surface area contributed by atoms with E-state index in [9.17, 15) is 14.4 Å². The molecule has 2 atom stereocenters. The van der Waals surface area contributed by atoms with Crippen LogP contribution in [0, 0.1) is 16.7 Å². The molecule has 2 rings (SSSR count). The minimum absolute atomic E-state index is 0.116. The van der Waals surface area contributed by atoms with Gasteiger partial charge < -0.3 is 14.8 Å². The van der Waals surface area contributed by atoms with Crippen LogP contribution in [0.4, 0.5) is 0 Å². The monoisotopic (exact) mass is 535 g/mol. The zero-order valence-corrected chi connectivity index (χ0v) is 24.5. The maximum absolute atomic E-state index is 13.3. The second-order valence-corrected chi connectivity index (χ2v) is 12.5. The van der Waals surface area contributed by atoms with Gasteiger partial charge in [0.25, 0.3) is 0 Å². The van der Waals surface area contributed by atoms with Crippen molar-refractivity contribution in [3.8, 4) is 0 Å². The quantitative estimate of drug-likeness (QED) is 0.255. The number of carbonyl (C=O) groups excluding carboxylic acids is 3. The molecule has 1 aromatic rings. The number of imide groups is 1. The number of rotatable bonds is 16. The molecule has 2 heterocycles. The number of nitrogens with zero attached hydrogens (tertiary/aromatic N) is 4. The van der Waals surface area contributed by atoms with Gasteiger partial charge in [-0.2, -0.15) is 0 Å². The summed E-state index contributed by atoms with van der Waals surface area (Å²) < 4.78 is 12.1. The Morgan fingerprint density at radius 2 is 1.79 bits per heavy atom. The molecule has 216 valence electrons. The van der Waals surface area contributed by atoms with Crippen LogP contribution in [-0.4, -0.2) is 77.1 Å². The summed E-state index contributed by atoms with van der Waals surface area (Å²) in [5.41, 5.74) is 0.505. The Morgan fingerprint density at radius 3 is 2.42 bits per heavy atom. The Morgan fingerprint density at radius 1 is 1.08 bits per heavy atom. The van der Waals surface area contributed by atoms with E-state index in [1.165, 1.54) is 11.3 Å². The lowest BCUT2D eigenvalue weighted by Crippen LogP contribution is -2.51. The SMILES string of the molecule is COCCOCCn1cc(CC(C(=O)NCCCCCCC(C)(C)C)N2C(=O)CC(C(C)(C)C)C2=O)nn1. The first-order chi connectivity index (χ1) is 17.8. The standard InChI is InChI=1S/C28H49N5O5/c1-27(2,3)12-10-8-9-11-13-29-25(35)23(33-24(34)19-22(26(33)36)28(4,5)6)18-21-20-32(31-30-21)14-15-38-17-16-37-7/h20,22-23H,8-19H2,1-7H3,(H,29,35). The molecular weight excluding hydrogens is 486 g/mol. The van der Waals surface area contributed by atoms with Gasteiger partial charge in [-0.1, -0.05) is 66.0 Å². The van der Waals surface area contributed by atoms with Gasteiger partial charge in [-0.05, 0) is 23.7 Å². The van der Waals surface area contributed by atoms with Gasteiger partial charge in [0.05, 0.1) is 38.0 Å². The predicted molar refractivity (Wildman–Crippen MR) is 145 cm³/mol. The summed E-state index contributed by atoms with van der Waals surface area (Å²) in [5.74, 6) is -1.37. The first-order valence-corrected chi connectivity index (χ1v) is 13.9. The smallest absolute Gasteiger partial charge is 0.243 e. The fourth-order valence-corrected chi connectivity index (χ4v) is 4.56. The van der Waals surface area contributed by atoms with Crippen LogP contribution in [0.5, 0.6) is 0 Å². The van der Waals surface area contributed by atoms with Crippen LogP contribution in [-0.2, 0) is 36.8 Å². The highest BCUT2D eigenvalue weighted by Gasteiger charge is 2.48. The number of aromatic nitrogens is 3. The lowest BCUT2D eigenvalue weighted by molar-refractivity contribution is -0.148. The van der Waals surface area contributed by atoms with E-state index < -0.39 is 12.0 Å². The Bertz CT molecular complexity index is 902. The van der Waals surface area contributed by atoms with E-state index in [1.54, 1.807) is 18.0 Å². The summed E-state index contributed by atoms with van der Waals surface area (Å²) >= 11 is 0. The van der Waals surface area contributed by atoms with Gasteiger partial charge in [0.2, 0.25) is 17.7 Å². The molecular formula is C28H49N5O5. The zero-order chi connectivity index (χ0) is 28.3. The van der Waals surface area contributed by atoms with Crippen molar-refractivity contribution in [3.05, 3.63) is 11.9 Å². The number of methoxy groups -OCH3 is 1. The van der Waals surface area contributed by atoms with Crippen LogP contribution >= 0.6 is 0 Å². The molecule has 1 fully saturated rings. The average molecular weight is 536 g/mol. The van der Waals surface area contributed by atoms with Crippen molar-refractivity contribution in [2.75, 3.05) is 33.5 Å². The molecule has 0 bridgehead atoms. The Kier molecular flexibility index (Phi) is 12.4. The molecule has 10 nitrogen and oxygen atoms in total. The third-order valence-electron chi connectivity index (χ3n) is 6.88. The lowest BCUT2D eigenvalue weighted by atomic mass is 9.80. The summed E-state index contributed by atoms with van der Waals surface area (Å²) in [4.78, 5) is 40.8. The molecule has 38 heavy (non-hydrogen) atoms. The van der Waals surface area contributed by atoms with Crippen LogP contribution in [0.3, 0.4) is 0 Å². The van der Waals surface area contributed by atoms with Gasteiger partial charge >= 0.3 is 0 Å². The molecule has 0 aliphatic carbocycles. The van der Waals surface area contributed by atoms with Crippen molar-refractivity contribution >= 4 is 17.7 Å². The molecule has 1 aliphatic heterocycles. The summed E-state index contributed by atoms with van der Waals surface area (Å²) in [6, 6.07) is -0.952. The largest absolute Gasteiger partial charge is 0.382 e. The first-order valence-electron chi connectivity index (χ1n) is 13.9. The topological polar surface area (TPSA) is 116 Å². The average Bonchev–Trinajstić information content (AvgIpc) is 3.39. The number of unbranched alkanes of at least 4 members (excludes halogenated alkanes) is 3. The number of ether oxygens (including phenoxy) is 2. The van der Waals surface area contributed by atoms with E-state index in [0.29, 0.717) is 44.0 Å². The van der Waals surface area contributed by atoms with Gasteiger partial charge in [-0.3, -0.25) is 19.3 Å². The van der Waals surface area contributed by atoms with Crippen LogP contribution in [0.15, 0.2) is 6.20 Å². The van der Waals surface area contributed by atoms with Gasteiger partial charge in [0, 0.05) is 32.7 Å². The molecule has 10 heteroatoms. The van der Waals surface area contributed by atoms with Gasteiger partial charge in [0.15, 0.2) is 0 Å². The minimum Gasteiger partial charge on any atom is -0.382 e. The van der Waals surface area contributed by atoms with Crippen LogP contribution in [0.1, 0.15) is 85.8 Å². The highest BCUT2D eigenvalue weighted by molar-refractivity contribution is 6.07. The van der Waals surface area contributed by atoms with Crippen molar-refractivity contribution in [2.45, 2.75) is 99.1 Å². The number of likely N-dealkylation sites (tertiary alicyclic amines) is 1. The van der Waals surface area contributed by atoms with Crippen molar-refractivity contribution < 1.29 is 23.9 Å². The number of carbonyl (C=O) groups is 3. The molecule has 0 aromatic carbocycles. The molecule has 0 spiro atoms. The minimum atomic E-state index is -0.952. The lowest BCUT2D eigenvalue weighted by Gasteiger charge is -2.28. The highest BCUT2D eigenvalue weighted by Crippen LogP contribution is 2.36. The Hall–Kier alpha value is -2.33. The van der Waals surface area contributed by atoms with Crippen LogP contribution < -0.4 is 5.32 Å². The predicted octanol–water partition coefficient (Wildman–Crippen LogP) is 3.39. The summed E-state index contributed by atoms with van der Waals surface area (Å²) in [5, 5.41) is 11.3. The second kappa shape index (κ2) is 14.7. The molecule has 3 amide bonds. The molecule has 1 saturated heterocycles. The van der Waals surface area contributed by atoms with E-state index in [1.807, 2.05) is 20.8 Å². The fraction of sp³-hybridized carbons (Fsp3) is 0.821. The molecule has 0 saturated carbocycles. The maximum atomic E-state index is 13.3. The molecule has 1 aromatic heterocycles. The van der Waals surface area contributed by atoms with E-state index in [4.69, 9.17) is 9.47 Å². The van der Waals surface area contributed by atoms with Crippen molar-refractivity contribution in [3.63, 3.8) is 0 Å². The van der Waals surface area contributed by atoms with Gasteiger partial charge in [-0.15, -0.1) is 5.10 Å². The molecule has 1 N–H and O–H groups in total. The second-order valence-electron chi connectivity index (χ2n) is 12.5. The number of hydrogen-bond donors (Lipinski definition) is 1. The number of amides is 3. The summed E-state index contributed by atoms with van der Waals surface area (Å²) in [6.07, 6.45) is 7.31. The van der Waals surface area contributed by atoms with Gasteiger partial charge in [-0.25, -0.2) is 4.68 Å². The van der Waals surface area contributed by atoms with Crippen molar-refractivity contribution in [2.24, 2.45) is 16.7 Å². The Balaban J connectivity index is 2.02.